The average molecular weight is 381 g/mol. The maximum atomic E-state index is 11.4. The number of rotatable bonds is 2. The summed E-state index contributed by atoms with van der Waals surface area (Å²) in [7, 11) is 0. The minimum absolute atomic E-state index is 0.00378. The molecule has 1 heterocycles. The molecular formula is C25H32O3. The van der Waals surface area contributed by atoms with Crippen molar-refractivity contribution in [1.29, 1.82) is 0 Å². The zero-order chi connectivity index (χ0) is 19.0. The van der Waals surface area contributed by atoms with E-state index in [4.69, 9.17) is 4.74 Å². The van der Waals surface area contributed by atoms with E-state index < -0.39 is 6.10 Å². The SMILES string of the molecule is C=C1OC2=CC(C34CC5CC(CC(C5)C3)C4)=CC(O)C2[C@@H]2C[C@H](C=O)CC[C@@H]12. The van der Waals surface area contributed by atoms with Crippen LogP contribution in [-0.4, -0.2) is 17.5 Å². The standard InChI is InChI=1S/C25H32O3/c1-14-20-3-2-15(13-26)7-21(20)24-22(27)8-19(9-23(24)28-14)25-10-16-4-17(11-25)6-18(5-16)12-25/h8-9,13,15-18,20-22,24,27H,1-7,10-12H2/t15-,16?,17?,18?,20+,21-,22?,24?,25?/m1/s1. The van der Waals surface area contributed by atoms with Gasteiger partial charge in [-0.25, -0.2) is 0 Å². The van der Waals surface area contributed by atoms with Crippen LogP contribution in [0.2, 0.25) is 0 Å². The molecule has 0 aromatic carbocycles. The summed E-state index contributed by atoms with van der Waals surface area (Å²) in [5, 5.41) is 11.2. The Kier molecular flexibility index (Phi) is 3.80. The topological polar surface area (TPSA) is 46.5 Å². The van der Waals surface area contributed by atoms with E-state index in [1.54, 1.807) is 0 Å². The molecule has 0 amide bonds. The van der Waals surface area contributed by atoms with Crippen molar-refractivity contribution in [3.63, 3.8) is 0 Å². The molecule has 1 saturated heterocycles. The second-order valence-electron chi connectivity index (χ2n) is 10.9. The fraction of sp³-hybridized carbons (Fsp3) is 0.720. The summed E-state index contributed by atoms with van der Waals surface area (Å²) in [5.74, 6) is 5.12. The molecule has 28 heavy (non-hydrogen) atoms. The highest BCUT2D eigenvalue weighted by Crippen LogP contribution is 2.64. The largest absolute Gasteiger partial charge is 0.466 e. The fourth-order valence-electron chi connectivity index (χ4n) is 8.50. The van der Waals surface area contributed by atoms with Crippen molar-refractivity contribution in [3.05, 3.63) is 35.8 Å². The molecule has 3 nitrogen and oxygen atoms in total. The Morgan fingerprint density at radius 1 is 1.07 bits per heavy atom. The van der Waals surface area contributed by atoms with Gasteiger partial charge in [0.2, 0.25) is 0 Å². The van der Waals surface area contributed by atoms with Crippen LogP contribution in [0.1, 0.15) is 57.8 Å². The van der Waals surface area contributed by atoms with Crippen LogP contribution in [-0.2, 0) is 9.53 Å². The van der Waals surface area contributed by atoms with Gasteiger partial charge < -0.3 is 14.6 Å². The first-order valence-corrected chi connectivity index (χ1v) is 11.5. The second kappa shape index (κ2) is 6.08. The molecule has 7 rings (SSSR count). The van der Waals surface area contributed by atoms with E-state index in [1.165, 1.54) is 44.1 Å². The lowest BCUT2D eigenvalue weighted by Gasteiger charge is -2.58. The van der Waals surface area contributed by atoms with Gasteiger partial charge in [0, 0.05) is 11.8 Å². The smallest absolute Gasteiger partial charge is 0.123 e. The monoisotopic (exact) mass is 380 g/mol. The van der Waals surface area contributed by atoms with Gasteiger partial charge in [-0.15, -0.1) is 0 Å². The second-order valence-corrected chi connectivity index (χ2v) is 10.9. The summed E-state index contributed by atoms with van der Waals surface area (Å²) in [6.07, 6.45) is 16.0. The number of allylic oxidation sites excluding steroid dienone is 3. The van der Waals surface area contributed by atoms with Gasteiger partial charge in [0.25, 0.3) is 0 Å². The highest BCUT2D eigenvalue weighted by Gasteiger charge is 2.54. The Hall–Kier alpha value is -1.35. The number of fused-ring (bicyclic) bond motifs is 3. The average Bonchev–Trinajstić information content (AvgIpc) is 2.66. The van der Waals surface area contributed by atoms with E-state index >= 15 is 0 Å². The molecule has 150 valence electrons. The molecule has 1 N–H and O–H groups in total. The van der Waals surface area contributed by atoms with E-state index in [1.807, 2.05) is 0 Å². The summed E-state index contributed by atoms with van der Waals surface area (Å²) in [5.41, 5.74) is 1.62. The minimum atomic E-state index is -0.492. The number of carbonyl (C=O) groups excluding carboxylic acids is 1. The molecule has 0 aromatic heterocycles. The highest BCUT2D eigenvalue weighted by molar-refractivity contribution is 5.54. The van der Waals surface area contributed by atoms with Crippen molar-refractivity contribution in [2.75, 3.05) is 0 Å². The minimum Gasteiger partial charge on any atom is -0.466 e. The summed E-state index contributed by atoms with van der Waals surface area (Å²) < 4.78 is 6.27. The molecule has 4 bridgehead atoms. The first-order chi connectivity index (χ1) is 13.5. The summed E-state index contributed by atoms with van der Waals surface area (Å²) in [6, 6.07) is 0. The Balaban J connectivity index is 1.34. The van der Waals surface area contributed by atoms with E-state index in [2.05, 4.69) is 18.7 Å². The molecule has 0 spiro atoms. The van der Waals surface area contributed by atoms with Crippen molar-refractivity contribution >= 4 is 6.29 Å². The third-order valence-electron chi connectivity index (χ3n) is 9.25. The molecule has 5 atom stereocenters. The van der Waals surface area contributed by atoms with Crippen LogP contribution in [0, 0.1) is 46.8 Å². The lowest BCUT2D eigenvalue weighted by molar-refractivity contribution is -0.114. The zero-order valence-corrected chi connectivity index (χ0v) is 16.7. The van der Waals surface area contributed by atoms with Crippen molar-refractivity contribution in [1.82, 2.24) is 0 Å². The number of carbonyl (C=O) groups is 1. The normalized spacial score (nSPS) is 51.5. The Morgan fingerprint density at radius 2 is 1.75 bits per heavy atom. The van der Waals surface area contributed by atoms with Gasteiger partial charge in [-0.2, -0.15) is 0 Å². The van der Waals surface area contributed by atoms with Gasteiger partial charge >= 0.3 is 0 Å². The summed E-state index contributed by atoms with van der Waals surface area (Å²) >= 11 is 0. The number of hydrogen-bond donors (Lipinski definition) is 1. The highest BCUT2D eigenvalue weighted by atomic mass is 16.5. The van der Waals surface area contributed by atoms with Crippen LogP contribution in [0.15, 0.2) is 35.8 Å². The van der Waals surface area contributed by atoms with Gasteiger partial charge in [0.15, 0.2) is 0 Å². The molecule has 6 aliphatic carbocycles. The third-order valence-corrected chi connectivity index (χ3v) is 9.25. The summed E-state index contributed by atoms with van der Waals surface area (Å²) in [6.45, 7) is 4.23. The van der Waals surface area contributed by atoms with Crippen LogP contribution in [0.5, 0.6) is 0 Å². The first kappa shape index (κ1) is 17.5. The maximum absolute atomic E-state index is 11.4. The number of ether oxygens (including phenoxy) is 1. The maximum Gasteiger partial charge on any atom is 0.123 e. The van der Waals surface area contributed by atoms with Gasteiger partial charge in [0.05, 0.1) is 17.8 Å². The van der Waals surface area contributed by atoms with E-state index in [-0.39, 0.29) is 29.1 Å². The first-order valence-electron chi connectivity index (χ1n) is 11.5. The van der Waals surface area contributed by atoms with Crippen molar-refractivity contribution < 1.29 is 14.6 Å². The van der Waals surface area contributed by atoms with Crippen molar-refractivity contribution in [2.24, 2.45) is 46.8 Å². The predicted octanol–water partition coefficient (Wildman–Crippen LogP) is 4.78. The van der Waals surface area contributed by atoms with Gasteiger partial charge in [-0.1, -0.05) is 12.7 Å². The van der Waals surface area contributed by atoms with Crippen LogP contribution in [0.4, 0.5) is 0 Å². The quantitative estimate of drug-likeness (QED) is 0.701. The molecular weight excluding hydrogens is 348 g/mol. The lowest BCUT2D eigenvalue weighted by Crippen LogP contribution is -2.48. The number of aliphatic hydroxyl groups excluding tert-OH is 1. The van der Waals surface area contributed by atoms with Crippen molar-refractivity contribution in [3.8, 4) is 0 Å². The lowest BCUT2D eigenvalue weighted by atomic mass is 9.47. The molecule has 0 radical (unpaired) electrons. The van der Waals surface area contributed by atoms with Gasteiger partial charge in [-0.3, -0.25) is 0 Å². The van der Waals surface area contributed by atoms with Crippen LogP contribution in [0.25, 0.3) is 0 Å². The van der Waals surface area contributed by atoms with Crippen LogP contribution in [0.3, 0.4) is 0 Å². The molecule has 7 aliphatic rings. The Bertz CT molecular complexity index is 739. The zero-order valence-electron chi connectivity index (χ0n) is 16.7. The fourth-order valence-corrected chi connectivity index (χ4v) is 8.50. The predicted molar refractivity (Wildman–Crippen MR) is 107 cm³/mol. The number of aliphatic hydroxyl groups is 1. The molecule has 2 unspecified atom stereocenters. The molecule has 6 fully saturated rings. The van der Waals surface area contributed by atoms with Gasteiger partial charge in [0.1, 0.15) is 12.0 Å². The van der Waals surface area contributed by atoms with Crippen molar-refractivity contribution in [2.45, 2.75) is 63.9 Å². The van der Waals surface area contributed by atoms with E-state index in [0.29, 0.717) is 0 Å². The summed E-state index contributed by atoms with van der Waals surface area (Å²) in [4.78, 5) is 11.4. The Morgan fingerprint density at radius 3 is 2.39 bits per heavy atom. The van der Waals surface area contributed by atoms with Crippen LogP contribution >= 0.6 is 0 Å². The van der Waals surface area contributed by atoms with Gasteiger partial charge in [-0.05, 0) is 98.5 Å². The third kappa shape index (κ3) is 2.47. The van der Waals surface area contributed by atoms with E-state index in [9.17, 15) is 9.90 Å². The number of hydrogen-bond acceptors (Lipinski definition) is 3. The number of aldehydes is 1. The Labute approximate surface area is 167 Å². The molecule has 3 heteroatoms. The molecule has 1 aliphatic heterocycles. The van der Waals surface area contributed by atoms with Crippen LogP contribution < -0.4 is 0 Å². The molecule has 5 saturated carbocycles. The van der Waals surface area contributed by atoms with E-state index in [0.717, 1.165) is 54.8 Å². The molecule has 0 aromatic rings.